The van der Waals surface area contributed by atoms with Crippen molar-refractivity contribution in [2.75, 3.05) is 16.8 Å². The summed E-state index contributed by atoms with van der Waals surface area (Å²) in [4.78, 5) is 11.6. The molecule has 68 valence electrons. The number of fused-ring (bicyclic) bond motifs is 1. The molecular weight excluding hydrogens is 188 g/mol. The average Bonchev–Trinajstić information content (AvgIpc) is 2.07. The zero-order chi connectivity index (χ0) is 9.42. The van der Waals surface area contributed by atoms with Gasteiger partial charge in [0.05, 0.1) is 27.1 Å². The lowest BCUT2D eigenvalue weighted by Gasteiger charge is -2.17. The number of nitrogen functional groups attached to an aromatic ring is 1. The van der Waals surface area contributed by atoms with Crippen molar-refractivity contribution in [3.05, 3.63) is 18.2 Å². The van der Waals surface area contributed by atoms with Gasteiger partial charge in [-0.15, -0.1) is 0 Å². The van der Waals surface area contributed by atoms with Gasteiger partial charge in [0, 0.05) is 0 Å². The molecule has 1 aromatic carbocycles. The number of anilines is 2. The second-order valence-electron chi connectivity index (χ2n) is 2.76. The van der Waals surface area contributed by atoms with Crippen molar-refractivity contribution in [3.8, 4) is 0 Å². The lowest BCUT2D eigenvalue weighted by atomic mass is 10.2. The normalized spacial score (nSPS) is 20.6. The summed E-state index contributed by atoms with van der Waals surface area (Å²) in [5.41, 5.74) is 6.57. The molecule has 1 aromatic rings. The summed E-state index contributed by atoms with van der Waals surface area (Å²) in [5, 5.41) is 2.60. The molecule has 0 aliphatic carbocycles. The highest BCUT2D eigenvalue weighted by molar-refractivity contribution is 7.86. The minimum Gasteiger partial charge on any atom is -0.397 e. The van der Waals surface area contributed by atoms with Crippen LogP contribution in [0, 0.1) is 0 Å². The highest BCUT2D eigenvalue weighted by Gasteiger charge is 2.22. The Hall–Kier alpha value is -1.36. The first-order chi connectivity index (χ1) is 6.18. The maximum Gasteiger partial charge on any atom is 0.237 e. The van der Waals surface area contributed by atoms with E-state index in [2.05, 4.69) is 5.32 Å². The predicted octanol–water partition coefficient (Wildman–Crippen LogP) is 0.329. The molecule has 1 heterocycles. The Kier molecular flexibility index (Phi) is 1.81. The maximum absolute atomic E-state index is 11.4. The SMILES string of the molecule is Nc1cccc2c1NC(=O)CS2=O. The summed E-state index contributed by atoms with van der Waals surface area (Å²) < 4.78 is 11.4. The molecule has 0 radical (unpaired) electrons. The predicted molar refractivity (Wildman–Crippen MR) is 50.8 cm³/mol. The van der Waals surface area contributed by atoms with Crippen LogP contribution in [0.4, 0.5) is 11.4 Å². The summed E-state index contributed by atoms with van der Waals surface area (Å²) in [6.45, 7) is 0. The maximum atomic E-state index is 11.4. The van der Waals surface area contributed by atoms with E-state index < -0.39 is 10.8 Å². The van der Waals surface area contributed by atoms with Crippen LogP contribution in [0.1, 0.15) is 0 Å². The van der Waals surface area contributed by atoms with Gasteiger partial charge < -0.3 is 11.1 Å². The first-order valence-electron chi connectivity index (χ1n) is 3.75. The molecule has 0 aromatic heterocycles. The van der Waals surface area contributed by atoms with Gasteiger partial charge in [-0.2, -0.15) is 0 Å². The first kappa shape index (κ1) is 8.25. The summed E-state index contributed by atoms with van der Waals surface area (Å²) in [6.07, 6.45) is 0. The van der Waals surface area contributed by atoms with Crippen LogP contribution in [0.15, 0.2) is 23.1 Å². The van der Waals surface area contributed by atoms with Crippen molar-refractivity contribution in [3.63, 3.8) is 0 Å². The molecular formula is C8H8N2O2S. The zero-order valence-electron chi connectivity index (χ0n) is 6.74. The Bertz CT molecular complexity index is 403. The van der Waals surface area contributed by atoms with E-state index >= 15 is 0 Å². The standard InChI is InChI=1S/C8H8N2O2S/c9-5-2-1-3-6-8(5)10-7(11)4-13(6)12/h1-3H,4,9H2,(H,10,11). The van der Waals surface area contributed by atoms with Gasteiger partial charge in [0.2, 0.25) is 5.91 Å². The second kappa shape index (κ2) is 2.85. The van der Waals surface area contributed by atoms with Crippen molar-refractivity contribution in [1.29, 1.82) is 0 Å². The monoisotopic (exact) mass is 196 g/mol. The molecule has 1 aliphatic rings. The molecule has 1 amide bonds. The van der Waals surface area contributed by atoms with Crippen molar-refractivity contribution in [2.24, 2.45) is 0 Å². The minimum atomic E-state index is -1.25. The van der Waals surface area contributed by atoms with Gasteiger partial charge in [0.15, 0.2) is 0 Å². The third-order valence-electron chi connectivity index (χ3n) is 1.83. The number of nitrogens with one attached hydrogen (secondary N) is 1. The van der Waals surface area contributed by atoms with Crippen LogP contribution in [-0.2, 0) is 15.6 Å². The molecule has 2 rings (SSSR count). The Morgan fingerprint density at radius 2 is 2.23 bits per heavy atom. The quantitative estimate of drug-likeness (QED) is 0.587. The van der Waals surface area contributed by atoms with Gasteiger partial charge in [0.1, 0.15) is 5.75 Å². The fraction of sp³-hybridized carbons (Fsp3) is 0.125. The van der Waals surface area contributed by atoms with E-state index in [4.69, 9.17) is 5.73 Å². The molecule has 0 fully saturated rings. The molecule has 5 heteroatoms. The number of rotatable bonds is 0. The second-order valence-corrected chi connectivity index (χ2v) is 4.18. The van der Waals surface area contributed by atoms with E-state index in [1.54, 1.807) is 18.2 Å². The van der Waals surface area contributed by atoms with E-state index in [0.717, 1.165) is 0 Å². The van der Waals surface area contributed by atoms with E-state index in [9.17, 15) is 9.00 Å². The molecule has 3 N–H and O–H groups in total. The topological polar surface area (TPSA) is 72.2 Å². The van der Waals surface area contributed by atoms with Crippen molar-refractivity contribution in [2.45, 2.75) is 4.90 Å². The van der Waals surface area contributed by atoms with Gasteiger partial charge >= 0.3 is 0 Å². The van der Waals surface area contributed by atoms with E-state index in [0.29, 0.717) is 16.3 Å². The Balaban J connectivity index is 2.61. The van der Waals surface area contributed by atoms with Gasteiger partial charge in [-0.3, -0.25) is 9.00 Å². The van der Waals surface area contributed by atoms with Crippen LogP contribution in [0.2, 0.25) is 0 Å². The lowest BCUT2D eigenvalue weighted by Crippen LogP contribution is -2.26. The van der Waals surface area contributed by atoms with E-state index in [1.807, 2.05) is 0 Å². The van der Waals surface area contributed by atoms with Gasteiger partial charge in [-0.05, 0) is 12.1 Å². The van der Waals surface area contributed by atoms with Crippen molar-refractivity contribution >= 4 is 28.1 Å². The van der Waals surface area contributed by atoms with Crippen LogP contribution in [-0.4, -0.2) is 15.9 Å². The van der Waals surface area contributed by atoms with E-state index in [1.165, 1.54) is 0 Å². The Morgan fingerprint density at radius 1 is 1.46 bits per heavy atom. The fourth-order valence-electron chi connectivity index (χ4n) is 1.24. The minimum absolute atomic E-state index is 0.0243. The van der Waals surface area contributed by atoms with Gasteiger partial charge in [-0.25, -0.2) is 0 Å². The summed E-state index contributed by atoms with van der Waals surface area (Å²) in [6, 6.07) is 5.10. The molecule has 0 saturated carbocycles. The molecule has 0 bridgehead atoms. The lowest BCUT2D eigenvalue weighted by molar-refractivity contribution is -0.113. The summed E-state index contributed by atoms with van der Waals surface area (Å²) >= 11 is 0. The number of nitrogens with two attached hydrogens (primary N) is 1. The third-order valence-corrected chi connectivity index (χ3v) is 3.19. The van der Waals surface area contributed by atoms with Crippen LogP contribution < -0.4 is 11.1 Å². The number of para-hydroxylation sites is 1. The van der Waals surface area contributed by atoms with Crippen LogP contribution in [0.25, 0.3) is 0 Å². The average molecular weight is 196 g/mol. The Labute approximate surface area is 77.6 Å². The number of carbonyl (C=O) groups is 1. The van der Waals surface area contributed by atoms with E-state index in [-0.39, 0.29) is 11.7 Å². The van der Waals surface area contributed by atoms with Crippen LogP contribution in [0.3, 0.4) is 0 Å². The highest BCUT2D eigenvalue weighted by atomic mass is 32.2. The summed E-state index contributed by atoms with van der Waals surface area (Å²) in [7, 11) is -1.25. The summed E-state index contributed by atoms with van der Waals surface area (Å²) in [5.74, 6) is -0.222. The highest BCUT2D eigenvalue weighted by Crippen LogP contribution is 2.29. The number of hydrogen-bond acceptors (Lipinski definition) is 3. The molecule has 4 nitrogen and oxygen atoms in total. The molecule has 1 aliphatic heterocycles. The molecule has 1 unspecified atom stereocenters. The smallest absolute Gasteiger partial charge is 0.237 e. The van der Waals surface area contributed by atoms with Gasteiger partial charge in [0.25, 0.3) is 0 Å². The number of benzene rings is 1. The first-order valence-corrected chi connectivity index (χ1v) is 5.07. The van der Waals surface area contributed by atoms with Crippen LogP contribution >= 0.6 is 0 Å². The Morgan fingerprint density at radius 3 is 3.00 bits per heavy atom. The third kappa shape index (κ3) is 1.31. The number of carbonyl (C=O) groups excluding carboxylic acids is 1. The van der Waals surface area contributed by atoms with Crippen molar-refractivity contribution < 1.29 is 9.00 Å². The fourth-order valence-corrected chi connectivity index (χ4v) is 2.34. The molecule has 0 saturated heterocycles. The van der Waals surface area contributed by atoms with Crippen molar-refractivity contribution in [1.82, 2.24) is 0 Å². The number of hydrogen-bond donors (Lipinski definition) is 2. The van der Waals surface area contributed by atoms with Gasteiger partial charge in [-0.1, -0.05) is 6.07 Å². The zero-order valence-corrected chi connectivity index (χ0v) is 7.56. The largest absolute Gasteiger partial charge is 0.397 e. The molecule has 1 atom stereocenters. The number of amides is 1. The van der Waals surface area contributed by atoms with Crippen LogP contribution in [0.5, 0.6) is 0 Å². The molecule has 13 heavy (non-hydrogen) atoms. The molecule has 0 spiro atoms.